The van der Waals surface area contributed by atoms with Gasteiger partial charge in [-0.25, -0.2) is 9.78 Å². The molecule has 0 radical (unpaired) electrons. The third kappa shape index (κ3) is 3.86. The van der Waals surface area contributed by atoms with Crippen molar-refractivity contribution in [2.45, 2.75) is 6.92 Å². The third-order valence-corrected chi connectivity index (χ3v) is 4.23. The van der Waals surface area contributed by atoms with Gasteiger partial charge < -0.3 is 14.6 Å². The van der Waals surface area contributed by atoms with Crippen molar-refractivity contribution >= 4 is 45.4 Å². The second kappa shape index (κ2) is 7.42. The fourth-order valence-electron chi connectivity index (χ4n) is 1.75. The highest BCUT2D eigenvalue weighted by molar-refractivity contribution is 9.10. The van der Waals surface area contributed by atoms with Crippen molar-refractivity contribution in [2.24, 2.45) is 0 Å². The summed E-state index contributed by atoms with van der Waals surface area (Å²) in [6.45, 7) is 2.45. The van der Waals surface area contributed by atoms with Gasteiger partial charge in [0.1, 0.15) is 9.88 Å². The molecular formula is C15H14BrNO4S. The summed E-state index contributed by atoms with van der Waals surface area (Å²) in [5.74, 6) is 0.313. The van der Waals surface area contributed by atoms with Gasteiger partial charge in [-0.15, -0.1) is 11.3 Å². The van der Waals surface area contributed by atoms with Crippen LogP contribution in [0.3, 0.4) is 0 Å². The van der Waals surface area contributed by atoms with E-state index in [1.807, 2.05) is 25.1 Å². The number of ether oxygens (including phenoxy) is 2. The number of hydrogen-bond acceptors (Lipinski definition) is 5. The summed E-state index contributed by atoms with van der Waals surface area (Å²) in [7, 11) is 1.58. The minimum absolute atomic E-state index is 0.213. The second-order valence-electron chi connectivity index (χ2n) is 4.17. The maximum absolute atomic E-state index is 10.8. The first-order chi connectivity index (χ1) is 10.5. The maximum Gasteiger partial charge on any atom is 0.347 e. The largest absolute Gasteiger partial charge is 0.493 e. The third-order valence-electron chi connectivity index (χ3n) is 2.69. The molecule has 7 heteroatoms. The Kier molecular flexibility index (Phi) is 5.57. The Morgan fingerprint density at radius 1 is 1.45 bits per heavy atom. The van der Waals surface area contributed by atoms with E-state index in [4.69, 9.17) is 14.6 Å². The van der Waals surface area contributed by atoms with Crippen LogP contribution in [-0.2, 0) is 0 Å². The lowest BCUT2D eigenvalue weighted by Crippen LogP contribution is -1.96. The molecule has 2 aromatic rings. The first-order valence-corrected chi connectivity index (χ1v) is 8.03. The highest BCUT2D eigenvalue weighted by atomic mass is 79.9. The van der Waals surface area contributed by atoms with Crippen molar-refractivity contribution < 1.29 is 19.4 Å². The van der Waals surface area contributed by atoms with Gasteiger partial charge in [-0.3, -0.25) is 0 Å². The summed E-state index contributed by atoms with van der Waals surface area (Å²) in [4.78, 5) is 15.1. The lowest BCUT2D eigenvalue weighted by Gasteiger charge is -2.12. The molecular weight excluding hydrogens is 370 g/mol. The summed E-state index contributed by atoms with van der Waals surface area (Å²) in [5, 5.41) is 9.51. The number of carbonyl (C=O) groups is 1. The van der Waals surface area contributed by atoms with Crippen molar-refractivity contribution in [1.29, 1.82) is 0 Å². The van der Waals surface area contributed by atoms with E-state index in [0.29, 0.717) is 23.1 Å². The van der Waals surface area contributed by atoms with E-state index in [0.717, 1.165) is 21.4 Å². The van der Waals surface area contributed by atoms with Crippen LogP contribution >= 0.6 is 27.3 Å². The van der Waals surface area contributed by atoms with Crippen molar-refractivity contribution in [2.75, 3.05) is 13.7 Å². The van der Waals surface area contributed by atoms with E-state index in [1.54, 1.807) is 13.2 Å². The van der Waals surface area contributed by atoms with Crippen molar-refractivity contribution in [3.8, 4) is 11.5 Å². The quantitative estimate of drug-likeness (QED) is 0.809. The Morgan fingerprint density at radius 2 is 2.23 bits per heavy atom. The number of aromatic nitrogens is 1. The number of benzene rings is 1. The Labute approximate surface area is 140 Å². The maximum atomic E-state index is 10.8. The van der Waals surface area contributed by atoms with Crippen LogP contribution < -0.4 is 9.47 Å². The van der Waals surface area contributed by atoms with Gasteiger partial charge in [-0.2, -0.15) is 0 Å². The molecule has 2 rings (SSSR count). The average Bonchev–Trinajstić information content (AvgIpc) is 2.96. The zero-order chi connectivity index (χ0) is 16.1. The predicted molar refractivity (Wildman–Crippen MR) is 89.9 cm³/mol. The fraction of sp³-hybridized carbons (Fsp3) is 0.200. The van der Waals surface area contributed by atoms with Crippen LogP contribution in [0.2, 0.25) is 0 Å². The van der Waals surface area contributed by atoms with E-state index in [2.05, 4.69) is 20.9 Å². The molecule has 22 heavy (non-hydrogen) atoms. The lowest BCUT2D eigenvalue weighted by atomic mass is 10.2. The second-order valence-corrected chi connectivity index (χ2v) is 6.08. The SMILES string of the molecule is CCOc1c(Br)cc(C=Cc2ncc(C(=O)O)s2)cc1OC. The van der Waals surface area contributed by atoms with Gasteiger partial charge in [0, 0.05) is 0 Å². The molecule has 1 aromatic carbocycles. The van der Waals surface area contributed by atoms with Crippen LogP contribution in [0.25, 0.3) is 12.2 Å². The van der Waals surface area contributed by atoms with Crippen LogP contribution in [0.15, 0.2) is 22.8 Å². The molecule has 116 valence electrons. The van der Waals surface area contributed by atoms with Crippen LogP contribution in [-0.4, -0.2) is 29.8 Å². The average molecular weight is 384 g/mol. The minimum atomic E-state index is -0.970. The molecule has 5 nitrogen and oxygen atoms in total. The Hall–Kier alpha value is -1.86. The lowest BCUT2D eigenvalue weighted by molar-refractivity contribution is 0.0702. The summed E-state index contributed by atoms with van der Waals surface area (Å²) < 4.78 is 11.7. The molecule has 0 atom stereocenters. The molecule has 0 aliphatic heterocycles. The summed E-state index contributed by atoms with van der Waals surface area (Å²) in [5.41, 5.74) is 0.888. The molecule has 0 aliphatic rings. The smallest absolute Gasteiger partial charge is 0.347 e. The molecule has 0 unspecified atom stereocenters. The number of hydrogen-bond donors (Lipinski definition) is 1. The van der Waals surface area contributed by atoms with Crippen molar-refractivity contribution in [3.63, 3.8) is 0 Å². The van der Waals surface area contributed by atoms with Gasteiger partial charge in [0.15, 0.2) is 11.5 Å². The number of nitrogens with zero attached hydrogens (tertiary/aromatic N) is 1. The van der Waals surface area contributed by atoms with E-state index in [9.17, 15) is 4.79 Å². The fourth-order valence-corrected chi connectivity index (χ4v) is 2.99. The molecule has 0 bridgehead atoms. The normalized spacial score (nSPS) is 10.9. The Bertz CT molecular complexity index is 712. The topological polar surface area (TPSA) is 68.7 Å². The zero-order valence-corrected chi connectivity index (χ0v) is 14.4. The summed E-state index contributed by atoms with van der Waals surface area (Å²) >= 11 is 4.58. The van der Waals surface area contributed by atoms with Gasteiger partial charge in [0.25, 0.3) is 0 Å². The van der Waals surface area contributed by atoms with Gasteiger partial charge in [-0.05, 0) is 46.6 Å². The number of carboxylic acids is 1. The van der Waals surface area contributed by atoms with Crippen molar-refractivity contribution in [1.82, 2.24) is 4.98 Å². The monoisotopic (exact) mass is 383 g/mol. The molecule has 1 N–H and O–H groups in total. The van der Waals surface area contributed by atoms with E-state index >= 15 is 0 Å². The van der Waals surface area contributed by atoms with Gasteiger partial charge in [0.05, 0.1) is 24.4 Å². The van der Waals surface area contributed by atoms with E-state index in [1.165, 1.54) is 6.20 Å². The van der Waals surface area contributed by atoms with Crippen LogP contribution in [0.5, 0.6) is 11.5 Å². The highest BCUT2D eigenvalue weighted by Crippen LogP contribution is 2.37. The van der Waals surface area contributed by atoms with E-state index < -0.39 is 5.97 Å². The molecule has 0 saturated carbocycles. The minimum Gasteiger partial charge on any atom is -0.493 e. The predicted octanol–water partition coefficient (Wildman–Crippen LogP) is 4.18. The molecule has 0 aliphatic carbocycles. The number of thiazole rings is 1. The van der Waals surface area contributed by atoms with Crippen LogP contribution in [0, 0.1) is 0 Å². The molecule has 0 saturated heterocycles. The highest BCUT2D eigenvalue weighted by Gasteiger charge is 2.10. The molecule has 0 spiro atoms. The van der Waals surface area contributed by atoms with Gasteiger partial charge in [0.2, 0.25) is 0 Å². The molecule has 0 amide bonds. The molecule has 1 aromatic heterocycles. The molecule has 0 fully saturated rings. The summed E-state index contributed by atoms with van der Waals surface area (Å²) in [6, 6.07) is 3.74. The first-order valence-electron chi connectivity index (χ1n) is 6.42. The van der Waals surface area contributed by atoms with Gasteiger partial charge >= 0.3 is 5.97 Å². The Balaban J connectivity index is 2.26. The zero-order valence-electron chi connectivity index (χ0n) is 12.0. The number of methoxy groups -OCH3 is 1. The first kappa shape index (κ1) is 16.5. The number of halogens is 1. The standard InChI is InChI=1S/C15H14BrNO4S/c1-3-21-14-10(16)6-9(7-11(14)20-2)4-5-13-17-8-12(22-13)15(18)19/h4-8H,3H2,1-2H3,(H,18,19). The van der Waals surface area contributed by atoms with Crippen molar-refractivity contribution in [3.05, 3.63) is 38.3 Å². The van der Waals surface area contributed by atoms with E-state index in [-0.39, 0.29) is 4.88 Å². The summed E-state index contributed by atoms with van der Waals surface area (Å²) in [6.07, 6.45) is 4.95. The number of aromatic carboxylic acids is 1. The number of carboxylic acid groups (broad SMARTS) is 1. The number of rotatable bonds is 6. The molecule has 1 heterocycles. The Morgan fingerprint density at radius 3 is 2.82 bits per heavy atom. The van der Waals surface area contributed by atoms with Crippen LogP contribution in [0.4, 0.5) is 0 Å². The van der Waals surface area contributed by atoms with Gasteiger partial charge in [-0.1, -0.05) is 6.08 Å². The van der Waals surface area contributed by atoms with Crippen LogP contribution in [0.1, 0.15) is 27.2 Å².